The fourth-order valence-electron chi connectivity index (χ4n) is 2.32. The van der Waals surface area contributed by atoms with E-state index in [1.54, 1.807) is 6.19 Å². The summed E-state index contributed by atoms with van der Waals surface area (Å²) in [5.74, 6) is -0.911. The number of carbonyl (C=O) groups excluding carboxylic acids is 2. The van der Waals surface area contributed by atoms with Crippen molar-refractivity contribution in [1.82, 2.24) is 10.2 Å². The molecule has 0 aliphatic heterocycles. The van der Waals surface area contributed by atoms with Gasteiger partial charge in [0.2, 0.25) is 5.91 Å². The summed E-state index contributed by atoms with van der Waals surface area (Å²) in [5.41, 5.74) is 0.901. The van der Waals surface area contributed by atoms with E-state index in [2.05, 4.69) is 11.9 Å². The Morgan fingerprint density at radius 3 is 2.65 bits per heavy atom. The molecular weight excluding hydrogens is 290 g/mol. The molecule has 0 heterocycles. The third kappa shape index (κ3) is 3.95. The molecule has 0 aliphatic rings. The molecule has 5 nitrogen and oxygen atoms in total. The van der Waals surface area contributed by atoms with Gasteiger partial charge in [0.25, 0.3) is 5.91 Å². The molecule has 5 heteroatoms. The second-order valence-corrected chi connectivity index (χ2v) is 5.15. The van der Waals surface area contributed by atoms with E-state index in [0.29, 0.717) is 6.42 Å². The van der Waals surface area contributed by atoms with E-state index in [0.717, 1.165) is 27.3 Å². The monoisotopic (exact) mass is 307 g/mol. The van der Waals surface area contributed by atoms with Crippen molar-refractivity contribution in [3.8, 4) is 6.19 Å². The summed E-state index contributed by atoms with van der Waals surface area (Å²) in [6.45, 7) is 3.38. The van der Waals surface area contributed by atoms with Crippen molar-refractivity contribution < 1.29 is 9.59 Å². The van der Waals surface area contributed by atoms with Crippen LogP contribution in [-0.4, -0.2) is 29.8 Å². The number of nitrogens with zero attached hydrogens (tertiary/aromatic N) is 2. The predicted octanol–water partition coefficient (Wildman–Crippen LogP) is 1.99. The molecule has 0 saturated carbocycles. The first-order valence-corrected chi connectivity index (χ1v) is 7.13. The van der Waals surface area contributed by atoms with Crippen molar-refractivity contribution in [2.24, 2.45) is 0 Å². The van der Waals surface area contributed by atoms with Gasteiger partial charge in [0.15, 0.2) is 6.19 Å². The standard InChI is InChI=1S/C18H17N3O2/c1-3-17(22)20-16(18(23)21(2)12-19)11-13-8-9-14-6-4-5-7-15(14)10-13/h3-10,16H,1,11H2,2H3,(H,20,22). The van der Waals surface area contributed by atoms with Crippen LogP contribution in [0, 0.1) is 11.5 Å². The van der Waals surface area contributed by atoms with Crippen molar-refractivity contribution in [2.75, 3.05) is 7.05 Å². The highest BCUT2D eigenvalue weighted by Gasteiger charge is 2.23. The average molecular weight is 307 g/mol. The molecule has 0 aliphatic carbocycles. The topological polar surface area (TPSA) is 73.2 Å². The zero-order valence-corrected chi connectivity index (χ0v) is 12.8. The minimum absolute atomic E-state index is 0.301. The van der Waals surface area contributed by atoms with Crippen LogP contribution in [0.4, 0.5) is 0 Å². The molecule has 0 aromatic heterocycles. The molecular formula is C18H17N3O2. The van der Waals surface area contributed by atoms with Gasteiger partial charge in [0, 0.05) is 13.5 Å². The van der Waals surface area contributed by atoms with E-state index in [9.17, 15) is 9.59 Å². The number of benzene rings is 2. The van der Waals surface area contributed by atoms with Gasteiger partial charge >= 0.3 is 0 Å². The molecule has 0 saturated heterocycles. The lowest BCUT2D eigenvalue weighted by Gasteiger charge is -2.19. The van der Waals surface area contributed by atoms with Gasteiger partial charge < -0.3 is 5.32 Å². The minimum atomic E-state index is -0.814. The first kappa shape index (κ1) is 16.2. The summed E-state index contributed by atoms with van der Waals surface area (Å²) >= 11 is 0. The molecule has 116 valence electrons. The first-order chi connectivity index (χ1) is 11.0. The highest BCUT2D eigenvalue weighted by atomic mass is 16.2. The molecule has 1 atom stereocenters. The highest BCUT2D eigenvalue weighted by molar-refractivity contribution is 5.93. The molecule has 2 aromatic rings. The molecule has 0 spiro atoms. The SMILES string of the molecule is C=CC(=O)NC(Cc1ccc2ccccc2c1)C(=O)N(C)C#N. The molecule has 0 fully saturated rings. The Labute approximate surface area is 134 Å². The number of rotatable bonds is 5. The molecule has 1 N–H and O–H groups in total. The summed E-state index contributed by atoms with van der Waals surface area (Å²) < 4.78 is 0. The summed E-state index contributed by atoms with van der Waals surface area (Å²) in [5, 5.41) is 13.6. The maximum absolute atomic E-state index is 12.2. The molecule has 0 radical (unpaired) electrons. The third-order valence-corrected chi connectivity index (χ3v) is 3.53. The van der Waals surface area contributed by atoms with Crippen LogP contribution in [-0.2, 0) is 16.0 Å². The van der Waals surface area contributed by atoms with E-state index in [4.69, 9.17) is 5.26 Å². The average Bonchev–Trinajstić information content (AvgIpc) is 2.59. The zero-order valence-electron chi connectivity index (χ0n) is 12.8. The number of nitrogens with one attached hydrogen (secondary N) is 1. The molecule has 2 rings (SSSR count). The number of hydrogen-bond acceptors (Lipinski definition) is 3. The van der Waals surface area contributed by atoms with Gasteiger partial charge in [-0.1, -0.05) is 49.0 Å². The Kier molecular flexibility index (Phi) is 5.11. The largest absolute Gasteiger partial charge is 0.340 e. The maximum atomic E-state index is 12.2. The quantitative estimate of drug-likeness (QED) is 0.521. The van der Waals surface area contributed by atoms with E-state index in [1.165, 1.54) is 7.05 Å². The van der Waals surface area contributed by atoms with Gasteiger partial charge in [-0.3, -0.25) is 14.5 Å². The fourth-order valence-corrected chi connectivity index (χ4v) is 2.32. The van der Waals surface area contributed by atoms with Gasteiger partial charge in [0.1, 0.15) is 6.04 Å². The number of hydrogen-bond donors (Lipinski definition) is 1. The number of nitriles is 1. The zero-order chi connectivity index (χ0) is 16.8. The molecule has 2 amide bonds. The van der Waals surface area contributed by atoms with Crippen LogP contribution in [0.5, 0.6) is 0 Å². The summed E-state index contributed by atoms with van der Waals surface area (Å²) in [7, 11) is 1.37. The van der Waals surface area contributed by atoms with Gasteiger partial charge in [0.05, 0.1) is 0 Å². The van der Waals surface area contributed by atoms with E-state index in [1.807, 2.05) is 42.5 Å². The highest BCUT2D eigenvalue weighted by Crippen LogP contribution is 2.17. The van der Waals surface area contributed by atoms with Crippen molar-refractivity contribution >= 4 is 22.6 Å². The van der Waals surface area contributed by atoms with Crippen molar-refractivity contribution in [3.05, 3.63) is 60.7 Å². The minimum Gasteiger partial charge on any atom is -0.340 e. The first-order valence-electron chi connectivity index (χ1n) is 7.13. The van der Waals surface area contributed by atoms with Crippen LogP contribution in [0.2, 0.25) is 0 Å². The van der Waals surface area contributed by atoms with Gasteiger partial charge in [-0.25, -0.2) is 0 Å². The Bertz CT molecular complexity index is 792. The molecule has 1 unspecified atom stereocenters. The maximum Gasteiger partial charge on any atom is 0.258 e. The second kappa shape index (κ2) is 7.23. The molecule has 2 aromatic carbocycles. The van der Waals surface area contributed by atoms with E-state index >= 15 is 0 Å². The van der Waals surface area contributed by atoms with Crippen LogP contribution in [0.3, 0.4) is 0 Å². The van der Waals surface area contributed by atoms with Crippen molar-refractivity contribution in [1.29, 1.82) is 5.26 Å². The molecule has 23 heavy (non-hydrogen) atoms. The van der Waals surface area contributed by atoms with Crippen molar-refractivity contribution in [2.45, 2.75) is 12.5 Å². The number of carbonyl (C=O) groups is 2. The molecule has 0 bridgehead atoms. The lowest BCUT2D eigenvalue weighted by Crippen LogP contribution is -2.46. The predicted molar refractivity (Wildman–Crippen MR) is 88.2 cm³/mol. The summed E-state index contributed by atoms with van der Waals surface area (Å²) in [6.07, 6.45) is 3.16. The van der Waals surface area contributed by atoms with E-state index < -0.39 is 17.9 Å². The number of amides is 2. The lowest BCUT2D eigenvalue weighted by molar-refractivity contribution is -0.132. The smallest absolute Gasteiger partial charge is 0.258 e. The van der Waals surface area contributed by atoms with Crippen LogP contribution >= 0.6 is 0 Å². The van der Waals surface area contributed by atoms with Gasteiger partial charge in [-0.15, -0.1) is 0 Å². The van der Waals surface area contributed by atoms with E-state index in [-0.39, 0.29) is 0 Å². The van der Waals surface area contributed by atoms with Crippen LogP contribution in [0.15, 0.2) is 55.1 Å². The third-order valence-electron chi connectivity index (χ3n) is 3.53. The van der Waals surface area contributed by atoms with Crippen LogP contribution in [0.1, 0.15) is 5.56 Å². The fraction of sp³-hybridized carbons (Fsp3) is 0.167. The van der Waals surface area contributed by atoms with Crippen LogP contribution < -0.4 is 5.32 Å². The van der Waals surface area contributed by atoms with Gasteiger partial charge in [-0.2, -0.15) is 5.26 Å². The Morgan fingerprint density at radius 1 is 1.30 bits per heavy atom. The Balaban J connectivity index is 2.27. The normalized spacial score (nSPS) is 11.3. The van der Waals surface area contributed by atoms with Gasteiger partial charge in [-0.05, 0) is 22.4 Å². The van der Waals surface area contributed by atoms with Crippen molar-refractivity contribution in [3.63, 3.8) is 0 Å². The number of fused-ring (bicyclic) bond motifs is 1. The number of likely N-dealkylation sites (N-methyl/N-ethyl adjacent to an activating group) is 1. The second-order valence-electron chi connectivity index (χ2n) is 5.15. The van der Waals surface area contributed by atoms with Crippen LogP contribution in [0.25, 0.3) is 10.8 Å². The Morgan fingerprint density at radius 2 is 2.00 bits per heavy atom. The lowest BCUT2D eigenvalue weighted by atomic mass is 10.0. The Hall–Kier alpha value is -3.13. The summed E-state index contributed by atoms with van der Waals surface area (Å²) in [4.78, 5) is 24.7. The summed E-state index contributed by atoms with van der Waals surface area (Å²) in [6, 6.07) is 12.9.